The number of carbonyl (C=O) groups excluding carboxylic acids is 1. The highest BCUT2D eigenvalue weighted by atomic mass is 35.5. The Morgan fingerprint density at radius 3 is 2.19 bits per heavy atom. The standard InChI is InChI=1S/C25H21ClN6O3S/c1-27-25(33)23-18(15-20(26)31-32-23)28-24-19(36(2,34)35)13-14-21(30-24)29-22(16-9-5-3-6-10-16)17-11-7-4-8-12-17/h3-15H,1-2H3,(H,27,33)(H,28,30,31)/i1D3. The highest BCUT2D eigenvalue weighted by Gasteiger charge is 2.20. The molecule has 0 bridgehead atoms. The first-order chi connectivity index (χ1) is 18.4. The van der Waals surface area contributed by atoms with Gasteiger partial charge in [-0.25, -0.2) is 18.4 Å². The number of amides is 1. The van der Waals surface area contributed by atoms with Crippen LogP contribution in [0.2, 0.25) is 5.15 Å². The van der Waals surface area contributed by atoms with Gasteiger partial charge in [0.2, 0.25) is 0 Å². The molecule has 9 nitrogen and oxygen atoms in total. The summed E-state index contributed by atoms with van der Waals surface area (Å²) in [5.74, 6) is -1.09. The number of rotatable bonds is 7. The zero-order chi connectivity index (χ0) is 28.2. The quantitative estimate of drug-likeness (QED) is 0.347. The molecule has 4 aromatic rings. The van der Waals surface area contributed by atoms with Gasteiger partial charge >= 0.3 is 0 Å². The Morgan fingerprint density at radius 2 is 1.61 bits per heavy atom. The minimum Gasteiger partial charge on any atom is -0.354 e. The van der Waals surface area contributed by atoms with Gasteiger partial charge in [-0.2, -0.15) is 0 Å². The second-order valence-electron chi connectivity index (χ2n) is 7.49. The summed E-state index contributed by atoms with van der Waals surface area (Å²) in [7, 11) is -3.81. The first kappa shape index (κ1) is 21.2. The molecule has 2 aromatic heterocycles. The molecule has 1 amide bonds. The Labute approximate surface area is 217 Å². The third-order valence-electron chi connectivity index (χ3n) is 4.91. The van der Waals surface area contributed by atoms with Crippen LogP contribution >= 0.6 is 11.6 Å². The molecule has 2 N–H and O–H groups in total. The highest BCUT2D eigenvalue weighted by molar-refractivity contribution is 7.90. The number of benzene rings is 2. The van der Waals surface area contributed by atoms with E-state index in [4.69, 9.17) is 20.7 Å². The van der Waals surface area contributed by atoms with Crippen molar-refractivity contribution in [3.63, 3.8) is 0 Å². The number of sulfone groups is 1. The van der Waals surface area contributed by atoms with Crippen LogP contribution in [0.4, 0.5) is 17.3 Å². The van der Waals surface area contributed by atoms with E-state index >= 15 is 0 Å². The Balaban J connectivity index is 1.85. The van der Waals surface area contributed by atoms with Crippen molar-refractivity contribution in [3.05, 3.63) is 101 Å². The van der Waals surface area contributed by atoms with Gasteiger partial charge in [-0.3, -0.25) is 4.79 Å². The lowest BCUT2D eigenvalue weighted by atomic mass is 10.0. The third-order valence-corrected chi connectivity index (χ3v) is 6.22. The third kappa shape index (κ3) is 5.73. The van der Waals surface area contributed by atoms with Crippen LogP contribution in [0.25, 0.3) is 0 Å². The molecule has 0 radical (unpaired) electrons. The van der Waals surface area contributed by atoms with Gasteiger partial charge in [0.05, 0.1) is 11.4 Å². The minimum absolute atomic E-state index is 0.110. The number of hydrogen-bond acceptors (Lipinski definition) is 8. The van der Waals surface area contributed by atoms with Crippen molar-refractivity contribution in [1.82, 2.24) is 20.5 Å². The molecule has 2 heterocycles. The van der Waals surface area contributed by atoms with E-state index in [1.807, 2.05) is 66.0 Å². The van der Waals surface area contributed by atoms with E-state index in [0.29, 0.717) is 5.71 Å². The van der Waals surface area contributed by atoms with Crippen LogP contribution in [0.15, 0.2) is 88.8 Å². The Kier molecular flexibility index (Phi) is 6.25. The zero-order valence-corrected chi connectivity index (χ0v) is 20.4. The van der Waals surface area contributed by atoms with Crippen LogP contribution in [-0.2, 0) is 9.84 Å². The van der Waals surface area contributed by atoms with Gasteiger partial charge in [-0.05, 0) is 12.1 Å². The maximum Gasteiger partial charge on any atom is 0.273 e. The molecule has 0 atom stereocenters. The van der Waals surface area contributed by atoms with Crippen LogP contribution < -0.4 is 10.6 Å². The van der Waals surface area contributed by atoms with Crippen LogP contribution in [0, 0.1) is 0 Å². The summed E-state index contributed by atoms with van der Waals surface area (Å²) in [6.45, 7) is -2.80. The number of nitrogens with one attached hydrogen (secondary N) is 2. The van der Waals surface area contributed by atoms with Gasteiger partial charge in [-0.15, -0.1) is 10.2 Å². The van der Waals surface area contributed by atoms with Crippen LogP contribution in [0.3, 0.4) is 0 Å². The van der Waals surface area contributed by atoms with Gasteiger partial charge in [0.1, 0.15) is 4.90 Å². The second-order valence-corrected chi connectivity index (χ2v) is 9.86. The predicted molar refractivity (Wildman–Crippen MR) is 139 cm³/mol. The Hall–Kier alpha value is -4.15. The lowest BCUT2D eigenvalue weighted by molar-refractivity contribution is 0.0958. The van der Waals surface area contributed by atoms with E-state index in [9.17, 15) is 13.2 Å². The van der Waals surface area contributed by atoms with Gasteiger partial charge in [0.25, 0.3) is 5.91 Å². The normalized spacial score (nSPS) is 12.6. The molecule has 2 aromatic carbocycles. The average molecular weight is 524 g/mol. The van der Waals surface area contributed by atoms with Crippen molar-refractivity contribution in [1.29, 1.82) is 0 Å². The SMILES string of the molecule is [2H]C([2H])([2H])NC(=O)c1nnc(Cl)cc1Nc1nc(N=C(c2ccccc2)c2ccccc2)ccc1S(C)(=O)=O. The largest absolute Gasteiger partial charge is 0.354 e. The number of aromatic nitrogens is 3. The summed E-state index contributed by atoms with van der Waals surface area (Å²) in [5.41, 5.74) is 1.66. The fourth-order valence-corrected chi connectivity index (χ4v) is 4.22. The molecule has 0 unspecified atom stereocenters. The van der Waals surface area contributed by atoms with E-state index in [0.717, 1.165) is 17.4 Å². The highest BCUT2D eigenvalue weighted by Crippen LogP contribution is 2.29. The molecular weight excluding hydrogens is 500 g/mol. The number of anilines is 2. The molecular formula is C25H21ClN6O3S. The number of pyridine rings is 1. The van der Waals surface area contributed by atoms with E-state index in [1.54, 1.807) is 0 Å². The molecule has 11 heteroatoms. The van der Waals surface area contributed by atoms with Crippen LogP contribution in [0.5, 0.6) is 0 Å². The topological polar surface area (TPSA) is 126 Å². The first-order valence-electron chi connectivity index (χ1n) is 11.9. The lowest BCUT2D eigenvalue weighted by Crippen LogP contribution is -2.21. The van der Waals surface area contributed by atoms with Crippen molar-refractivity contribution in [3.8, 4) is 0 Å². The summed E-state index contributed by atoms with van der Waals surface area (Å²) in [5, 5.41) is 11.7. The molecule has 0 fully saturated rings. The first-order valence-corrected chi connectivity index (χ1v) is 12.7. The Morgan fingerprint density at radius 1 is 0.972 bits per heavy atom. The number of carbonyl (C=O) groups is 1. The molecule has 0 aliphatic heterocycles. The van der Waals surface area contributed by atoms with E-state index in [-0.39, 0.29) is 27.4 Å². The monoisotopic (exact) mass is 523 g/mol. The fraction of sp³-hybridized carbons (Fsp3) is 0.0800. The van der Waals surface area contributed by atoms with Crippen LogP contribution in [-0.4, -0.2) is 48.4 Å². The minimum atomic E-state index is -3.81. The average Bonchev–Trinajstić information content (AvgIpc) is 2.87. The van der Waals surface area contributed by atoms with Gasteiger partial charge in [0, 0.05) is 34.5 Å². The summed E-state index contributed by atoms with van der Waals surface area (Å²) >= 11 is 5.97. The number of nitrogens with zero attached hydrogens (tertiary/aromatic N) is 4. The Bertz CT molecular complexity index is 1610. The maximum atomic E-state index is 12.6. The lowest BCUT2D eigenvalue weighted by Gasteiger charge is -2.13. The van der Waals surface area contributed by atoms with Crippen molar-refractivity contribution >= 4 is 50.4 Å². The summed E-state index contributed by atoms with van der Waals surface area (Å²) in [4.78, 5) is 21.5. The smallest absolute Gasteiger partial charge is 0.273 e. The van der Waals surface area contributed by atoms with Crippen molar-refractivity contribution in [2.75, 3.05) is 18.5 Å². The molecule has 0 aliphatic carbocycles. The van der Waals surface area contributed by atoms with Crippen molar-refractivity contribution in [2.24, 2.45) is 4.99 Å². The van der Waals surface area contributed by atoms with Crippen molar-refractivity contribution < 1.29 is 17.3 Å². The van der Waals surface area contributed by atoms with Crippen LogP contribution in [0.1, 0.15) is 25.7 Å². The van der Waals surface area contributed by atoms with Crippen molar-refractivity contribution in [2.45, 2.75) is 4.90 Å². The summed E-state index contributed by atoms with van der Waals surface area (Å²) in [6, 6.07) is 22.7. The van der Waals surface area contributed by atoms with Gasteiger partial charge in [-0.1, -0.05) is 72.3 Å². The maximum absolute atomic E-state index is 12.6. The number of halogens is 1. The predicted octanol–water partition coefficient (Wildman–Crippen LogP) is 4.20. The van der Waals surface area contributed by atoms with E-state index in [1.165, 1.54) is 18.2 Å². The molecule has 0 aliphatic rings. The summed E-state index contributed by atoms with van der Waals surface area (Å²) < 4.78 is 47.0. The zero-order valence-electron chi connectivity index (χ0n) is 21.8. The molecule has 0 saturated carbocycles. The van der Waals surface area contributed by atoms with E-state index in [2.05, 4.69) is 20.5 Å². The second kappa shape index (κ2) is 10.6. The van der Waals surface area contributed by atoms with E-state index < -0.39 is 28.4 Å². The summed E-state index contributed by atoms with van der Waals surface area (Å²) in [6.07, 6.45) is 0.998. The molecule has 0 spiro atoms. The van der Waals surface area contributed by atoms with Gasteiger partial charge in [0.15, 0.2) is 32.3 Å². The molecule has 4 rings (SSSR count). The number of hydrogen-bond donors (Lipinski definition) is 2. The molecule has 36 heavy (non-hydrogen) atoms. The number of aliphatic imine (C=N–C) groups is 1. The van der Waals surface area contributed by atoms with Gasteiger partial charge < -0.3 is 10.6 Å². The molecule has 182 valence electrons. The molecule has 0 saturated heterocycles. The fourth-order valence-electron chi connectivity index (χ4n) is 3.31.